The summed E-state index contributed by atoms with van der Waals surface area (Å²) in [6.07, 6.45) is 3.50. The Balaban J connectivity index is 2.20. The first kappa shape index (κ1) is 10.4. The maximum Gasteiger partial charge on any atom is 0.166 e. The molecule has 1 fully saturated rings. The average Bonchev–Trinajstić information content (AvgIpc) is 2.63. The van der Waals surface area contributed by atoms with Crippen LogP contribution in [0.15, 0.2) is 24.3 Å². The average molecular weight is 202 g/mol. The second-order valence-electron chi connectivity index (χ2n) is 4.75. The van der Waals surface area contributed by atoms with Crippen LogP contribution in [0.3, 0.4) is 0 Å². The van der Waals surface area contributed by atoms with E-state index in [1.807, 2.05) is 31.2 Å². The predicted molar refractivity (Wildman–Crippen MR) is 62.0 cm³/mol. The summed E-state index contributed by atoms with van der Waals surface area (Å²) in [7, 11) is 0. The molecule has 1 aliphatic rings. The molecule has 1 aromatic rings. The van der Waals surface area contributed by atoms with Gasteiger partial charge in [-0.2, -0.15) is 0 Å². The minimum absolute atomic E-state index is 0.270. The Bertz CT molecular complexity index is 367. The lowest BCUT2D eigenvalue weighted by molar-refractivity contribution is 0.0897. The zero-order valence-electron chi connectivity index (χ0n) is 9.49. The number of carbonyl (C=O) groups is 1. The first-order valence-electron chi connectivity index (χ1n) is 5.79. The lowest BCUT2D eigenvalue weighted by Gasteiger charge is -2.13. The maximum absolute atomic E-state index is 12.2. The minimum Gasteiger partial charge on any atom is -0.294 e. The Morgan fingerprint density at radius 1 is 1.33 bits per heavy atom. The second kappa shape index (κ2) is 4.18. The highest BCUT2D eigenvalue weighted by Gasteiger charge is 2.30. The summed E-state index contributed by atoms with van der Waals surface area (Å²) < 4.78 is 0. The largest absolute Gasteiger partial charge is 0.294 e. The van der Waals surface area contributed by atoms with Gasteiger partial charge in [0, 0.05) is 11.5 Å². The van der Waals surface area contributed by atoms with Crippen molar-refractivity contribution in [3.63, 3.8) is 0 Å². The molecule has 2 unspecified atom stereocenters. The molecule has 1 aliphatic carbocycles. The van der Waals surface area contributed by atoms with Crippen molar-refractivity contribution in [2.45, 2.75) is 33.1 Å². The molecule has 0 spiro atoms. The number of rotatable bonds is 2. The molecular formula is C14H18O. The highest BCUT2D eigenvalue weighted by atomic mass is 16.1. The SMILES string of the molecule is Cc1cccc(C(=O)C2CCCC2C)c1. The number of hydrogen-bond acceptors (Lipinski definition) is 1. The predicted octanol–water partition coefficient (Wildman–Crippen LogP) is 3.61. The standard InChI is InChI=1S/C14H18O/c1-10-5-3-7-12(9-10)14(15)13-8-4-6-11(13)2/h3,5,7,9,11,13H,4,6,8H2,1-2H3. The number of carbonyl (C=O) groups excluding carboxylic acids is 1. The summed E-state index contributed by atoms with van der Waals surface area (Å²) in [4.78, 5) is 12.2. The van der Waals surface area contributed by atoms with Gasteiger partial charge in [-0.1, -0.05) is 37.1 Å². The quantitative estimate of drug-likeness (QED) is 0.669. The van der Waals surface area contributed by atoms with E-state index in [1.54, 1.807) is 0 Å². The Morgan fingerprint density at radius 2 is 2.13 bits per heavy atom. The summed E-state index contributed by atoms with van der Waals surface area (Å²) in [5.74, 6) is 1.19. The third kappa shape index (κ3) is 2.11. The fraction of sp³-hybridized carbons (Fsp3) is 0.500. The molecule has 0 aromatic heterocycles. The molecule has 1 nitrogen and oxygen atoms in total. The molecule has 0 heterocycles. The van der Waals surface area contributed by atoms with Crippen molar-refractivity contribution in [3.05, 3.63) is 35.4 Å². The van der Waals surface area contributed by atoms with Gasteiger partial charge in [-0.3, -0.25) is 4.79 Å². The third-order valence-electron chi connectivity index (χ3n) is 3.50. The first-order valence-corrected chi connectivity index (χ1v) is 5.79. The first-order chi connectivity index (χ1) is 7.18. The normalized spacial score (nSPS) is 25.5. The lowest BCUT2D eigenvalue weighted by atomic mass is 9.89. The molecule has 80 valence electrons. The van der Waals surface area contributed by atoms with Crippen LogP contribution < -0.4 is 0 Å². The van der Waals surface area contributed by atoms with E-state index in [2.05, 4.69) is 6.92 Å². The van der Waals surface area contributed by atoms with Gasteiger partial charge < -0.3 is 0 Å². The van der Waals surface area contributed by atoms with E-state index in [0.29, 0.717) is 11.7 Å². The number of benzene rings is 1. The molecule has 0 saturated heterocycles. The molecule has 0 amide bonds. The molecule has 15 heavy (non-hydrogen) atoms. The van der Waals surface area contributed by atoms with E-state index < -0.39 is 0 Å². The van der Waals surface area contributed by atoms with Gasteiger partial charge in [-0.25, -0.2) is 0 Å². The second-order valence-corrected chi connectivity index (χ2v) is 4.75. The van der Waals surface area contributed by atoms with Crippen molar-refractivity contribution in [1.82, 2.24) is 0 Å². The van der Waals surface area contributed by atoms with Gasteiger partial charge in [0.05, 0.1) is 0 Å². The molecular weight excluding hydrogens is 184 g/mol. The molecule has 1 saturated carbocycles. The van der Waals surface area contributed by atoms with Gasteiger partial charge in [0.15, 0.2) is 5.78 Å². The summed E-state index contributed by atoms with van der Waals surface area (Å²) in [5.41, 5.74) is 2.07. The van der Waals surface area contributed by atoms with Gasteiger partial charge in [0.2, 0.25) is 0 Å². The Kier molecular flexibility index (Phi) is 2.90. The van der Waals surface area contributed by atoms with E-state index in [0.717, 1.165) is 12.0 Å². The highest BCUT2D eigenvalue weighted by Crippen LogP contribution is 2.33. The van der Waals surface area contributed by atoms with Crippen molar-refractivity contribution in [1.29, 1.82) is 0 Å². The fourth-order valence-corrected chi connectivity index (χ4v) is 2.55. The van der Waals surface area contributed by atoms with E-state index >= 15 is 0 Å². The van der Waals surface area contributed by atoms with E-state index in [4.69, 9.17) is 0 Å². The van der Waals surface area contributed by atoms with Gasteiger partial charge in [0.1, 0.15) is 0 Å². The van der Waals surface area contributed by atoms with Crippen LogP contribution in [0.25, 0.3) is 0 Å². The Labute approximate surface area is 91.5 Å². The number of hydrogen-bond donors (Lipinski definition) is 0. The molecule has 1 heteroatoms. The molecule has 0 radical (unpaired) electrons. The van der Waals surface area contributed by atoms with Crippen LogP contribution >= 0.6 is 0 Å². The van der Waals surface area contributed by atoms with Crippen molar-refractivity contribution in [3.8, 4) is 0 Å². The topological polar surface area (TPSA) is 17.1 Å². The smallest absolute Gasteiger partial charge is 0.166 e. The van der Waals surface area contributed by atoms with Crippen molar-refractivity contribution in [2.75, 3.05) is 0 Å². The number of ketones is 1. The maximum atomic E-state index is 12.2. The van der Waals surface area contributed by atoms with Gasteiger partial charge in [0.25, 0.3) is 0 Å². The monoisotopic (exact) mass is 202 g/mol. The van der Waals surface area contributed by atoms with Crippen LogP contribution in [-0.2, 0) is 0 Å². The van der Waals surface area contributed by atoms with Crippen molar-refractivity contribution >= 4 is 5.78 Å². The Hall–Kier alpha value is -1.11. The molecule has 2 atom stereocenters. The van der Waals surface area contributed by atoms with Gasteiger partial charge >= 0.3 is 0 Å². The van der Waals surface area contributed by atoms with Crippen LogP contribution in [-0.4, -0.2) is 5.78 Å². The van der Waals surface area contributed by atoms with Crippen LogP contribution in [0.2, 0.25) is 0 Å². The lowest BCUT2D eigenvalue weighted by Crippen LogP contribution is -2.17. The fourth-order valence-electron chi connectivity index (χ4n) is 2.55. The van der Waals surface area contributed by atoms with Gasteiger partial charge in [-0.15, -0.1) is 0 Å². The Morgan fingerprint density at radius 3 is 2.73 bits per heavy atom. The highest BCUT2D eigenvalue weighted by molar-refractivity contribution is 5.98. The van der Waals surface area contributed by atoms with Crippen LogP contribution in [0, 0.1) is 18.8 Å². The molecule has 1 aromatic carbocycles. The van der Waals surface area contributed by atoms with Crippen LogP contribution in [0.5, 0.6) is 0 Å². The minimum atomic E-state index is 0.270. The van der Waals surface area contributed by atoms with Crippen LogP contribution in [0.1, 0.15) is 42.1 Å². The van der Waals surface area contributed by atoms with Gasteiger partial charge in [-0.05, 0) is 31.7 Å². The molecule has 0 N–H and O–H groups in total. The molecule has 2 rings (SSSR count). The van der Waals surface area contributed by atoms with Crippen molar-refractivity contribution in [2.24, 2.45) is 11.8 Å². The zero-order chi connectivity index (χ0) is 10.8. The third-order valence-corrected chi connectivity index (χ3v) is 3.50. The van der Waals surface area contributed by atoms with E-state index in [-0.39, 0.29) is 5.92 Å². The summed E-state index contributed by atoms with van der Waals surface area (Å²) >= 11 is 0. The van der Waals surface area contributed by atoms with E-state index in [1.165, 1.54) is 18.4 Å². The molecule has 0 aliphatic heterocycles. The summed E-state index contributed by atoms with van der Waals surface area (Å²) in [5, 5.41) is 0. The van der Waals surface area contributed by atoms with Crippen LogP contribution in [0.4, 0.5) is 0 Å². The summed E-state index contributed by atoms with van der Waals surface area (Å²) in [6.45, 7) is 4.24. The van der Waals surface area contributed by atoms with E-state index in [9.17, 15) is 4.79 Å². The number of aryl methyl sites for hydroxylation is 1. The number of Topliss-reactive ketones (excluding diaryl/α,β-unsaturated/α-hetero) is 1. The zero-order valence-corrected chi connectivity index (χ0v) is 9.49. The van der Waals surface area contributed by atoms with Crippen molar-refractivity contribution < 1.29 is 4.79 Å². The summed E-state index contributed by atoms with van der Waals surface area (Å²) in [6, 6.07) is 7.96. The molecule has 0 bridgehead atoms.